The lowest BCUT2D eigenvalue weighted by atomic mass is 10.5. The standard InChI is InChI=1S/C19H49O6Si6/c1-19(20)21-15-14-17-29(9,10)22-26(2)16-18-31(13,24-28(6,7)8)25-30(11,12)23-27(3,4)5/h14-18H2,1-13H3. The van der Waals surface area contributed by atoms with E-state index in [1.165, 1.54) is 6.92 Å². The van der Waals surface area contributed by atoms with Gasteiger partial charge in [0.2, 0.25) is 0 Å². The minimum atomic E-state index is -2.38. The Balaban J connectivity index is 5.00. The largest absolute Gasteiger partial charge is 0.466 e. The van der Waals surface area contributed by atoms with Gasteiger partial charge in [-0.2, -0.15) is 0 Å². The van der Waals surface area contributed by atoms with E-state index < -0.39 is 51.1 Å². The summed E-state index contributed by atoms with van der Waals surface area (Å²) in [5.41, 5.74) is 0. The van der Waals surface area contributed by atoms with Crippen molar-refractivity contribution >= 4 is 57.1 Å². The topological polar surface area (TPSA) is 63.2 Å². The quantitative estimate of drug-likeness (QED) is 0.138. The molecule has 1 radical (unpaired) electrons. The van der Waals surface area contributed by atoms with Crippen LogP contribution in [0.5, 0.6) is 0 Å². The highest BCUT2D eigenvalue weighted by molar-refractivity contribution is 6.89. The van der Waals surface area contributed by atoms with Gasteiger partial charge in [-0.15, -0.1) is 0 Å². The molecule has 0 N–H and O–H groups in total. The number of carbonyl (C=O) groups excluding carboxylic acids is 1. The molecule has 0 heterocycles. The SMILES string of the molecule is CC(=O)OCCC[Si](C)(C)O[Si](C)CC[Si](C)(O[Si](C)(C)C)O[Si](C)(C)O[Si](C)(C)C. The molecule has 0 aliphatic heterocycles. The molecule has 6 nitrogen and oxygen atoms in total. The molecular formula is C19H49O6Si6. The lowest BCUT2D eigenvalue weighted by Gasteiger charge is -2.41. The summed E-state index contributed by atoms with van der Waals surface area (Å²) in [6, 6.07) is 2.98. The van der Waals surface area contributed by atoms with Gasteiger partial charge in [0.05, 0.1) is 6.61 Å². The maximum absolute atomic E-state index is 10.9. The summed E-state index contributed by atoms with van der Waals surface area (Å²) in [7, 11) is -10.8. The van der Waals surface area contributed by atoms with Gasteiger partial charge >= 0.3 is 23.1 Å². The van der Waals surface area contributed by atoms with Gasteiger partial charge in [-0.05, 0) is 103 Å². The lowest BCUT2D eigenvalue weighted by molar-refractivity contribution is -0.140. The van der Waals surface area contributed by atoms with Gasteiger partial charge in [0.15, 0.2) is 34.0 Å². The third-order valence-corrected chi connectivity index (χ3v) is 24.2. The molecule has 0 saturated heterocycles. The van der Waals surface area contributed by atoms with E-state index in [1.807, 2.05) is 0 Å². The molecule has 0 amide bonds. The van der Waals surface area contributed by atoms with E-state index in [2.05, 4.69) is 78.6 Å². The molecule has 0 aromatic carbocycles. The Labute approximate surface area is 199 Å². The van der Waals surface area contributed by atoms with Crippen LogP contribution >= 0.6 is 0 Å². The molecule has 0 rings (SSSR count). The van der Waals surface area contributed by atoms with E-state index >= 15 is 0 Å². The van der Waals surface area contributed by atoms with Gasteiger partial charge in [0.1, 0.15) is 0 Å². The summed E-state index contributed by atoms with van der Waals surface area (Å²) < 4.78 is 31.6. The molecule has 0 spiro atoms. The van der Waals surface area contributed by atoms with E-state index in [1.54, 1.807) is 0 Å². The van der Waals surface area contributed by atoms with Crippen molar-refractivity contribution in [2.24, 2.45) is 0 Å². The number of rotatable bonds is 15. The fourth-order valence-electron chi connectivity index (χ4n) is 3.74. The Kier molecular flexibility index (Phi) is 12.6. The highest BCUT2D eigenvalue weighted by atomic mass is 28.5. The van der Waals surface area contributed by atoms with Crippen molar-refractivity contribution in [3.63, 3.8) is 0 Å². The molecular weight excluding hydrogens is 493 g/mol. The fourth-order valence-corrected chi connectivity index (χ4v) is 29.7. The van der Waals surface area contributed by atoms with Crippen LogP contribution in [0.25, 0.3) is 0 Å². The molecule has 0 bridgehead atoms. The first kappa shape index (κ1) is 31.6. The second-order valence-electron chi connectivity index (χ2n) is 11.6. The molecule has 0 saturated carbocycles. The van der Waals surface area contributed by atoms with Crippen molar-refractivity contribution in [2.75, 3.05) is 6.61 Å². The van der Waals surface area contributed by atoms with Crippen molar-refractivity contribution in [3.8, 4) is 0 Å². The second-order valence-corrected chi connectivity index (χ2v) is 34.8. The predicted molar refractivity (Wildman–Crippen MR) is 145 cm³/mol. The van der Waals surface area contributed by atoms with Crippen LogP contribution in [0.1, 0.15) is 13.3 Å². The fraction of sp³-hybridized carbons (Fsp3) is 0.947. The van der Waals surface area contributed by atoms with Gasteiger partial charge < -0.3 is 21.2 Å². The molecule has 0 fully saturated rings. The van der Waals surface area contributed by atoms with Crippen molar-refractivity contribution in [1.82, 2.24) is 0 Å². The molecule has 0 aliphatic rings. The highest BCUT2D eigenvalue weighted by Gasteiger charge is 2.44. The van der Waals surface area contributed by atoms with E-state index in [9.17, 15) is 4.79 Å². The van der Waals surface area contributed by atoms with E-state index in [4.69, 9.17) is 21.2 Å². The van der Waals surface area contributed by atoms with Crippen molar-refractivity contribution in [3.05, 3.63) is 0 Å². The minimum absolute atomic E-state index is 0.211. The monoisotopic (exact) mass is 541 g/mol. The zero-order valence-corrected chi connectivity index (χ0v) is 28.5. The van der Waals surface area contributed by atoms with Crippen LogP contribution < -0.4 is 0 Å². The van der Waals surface area contributed by atoms with Crippen molar-refractivity contribution in [2.45, 2.75) is 110 Å². The second kappa shape index (κ2) is 12.4. The van der Waals surface area contributed by atoms with Crippen LogP contribution in [0.4, 0.5) is 0 Å². The molecule has 12 heteroatoms. The molecule has 1 atom stereocenters. The summed E-state index contributed by atoms with van der Waals surface area (Å²) in [5, 5.41) is 0. The van der Waals surface area contributed by atoms with Gasteiger partial charge in [-0.25, -0.2) is 0 Å². The van der Waals surface area contributed by atoms with Crippen molar-refractivity contribution < 1.29 is 26.0 Å². The molecule has 0 aromatic heterocycles. The predicted octanol–water partition coefficient (Wildman–Crippen LogP) is 6.28. The average molecular weight is 542 g/mol. The number of hydrogen-bond donors (Lipinski definition) is 0. The molecule has 0 aromatic rings. The maximum atomic E-state index is 10.9. The van der Waals surface area contributed by atoms with E-state index in [-0.39, 0.29) is 5.97 Å². The zero-order chi connectivity index (χ0) is 24.7. The Hall–Kier alpha value is 0.611. The lowest BCUT2D eigenvalue weighted by Crippen LogP contribution is -2.57. The third kappa shape index (κ3) is 17.7. The first-order valence-corrected chi connectivity index (χ1v) is 28.8. The molecule has 185 valence electrons. The summed E-state index contributed by atoms with van der Waals surface area (Å²) in [6.45, 7) is 28.7. The van der Waals surface area contributed by atoms with Crippen LogP contribution in [-0.4, -0.2) is 63.7 Å². The van der Waals surface area contributed by atoms with Crippen LogP contribution in [0.3, 0.4) is 0 Å². The van der Waals surface area contributed by atoms with Crippen LogP contribution in [-0.2, 0) is 26.0 Å². The van der Waals surface area contributed by atoms with Gasteiger partial charge in [0.25, 0.3) is 0 Å². The van der Waals surface area contributed by atoms with Crippen LogP contribution in [0.2, 0.25) is 96.7 Å². The normalized spacial score (nSPS) is 15.8. The first-order chi connectivity index (χ1) is 13.6. The molecule has 1 unspecified atom stereocenters. The first-order valence-electron chi connectivity index (χ1n) is 11.4. The Morgan fingerprint density at radius 1 is 0.774 bits per heavy atom. The van der Waals surface area contributed by atoms with Crippen molar-refractivity contribution in [1.29, 1.82) is 0 Å². The van der Waals surface area contributed by atoms with E-state index in [0.29, 0.717) is 6.61 Å². The van der Waals surface area contributed by atoms with Crippen LogP contribution in [0, 0.1) is 0 Å². The Morgan fingerprint density at radius 2 is 1.29 bits per heavy atom. The summed E-state index contributed by atoms with van der Waals surface area (Å²) >= 11 is 0. The number of carbonyl (C=O) groups is 1. The molecule has 31 heavy (non-hydrogen) atoms. The number of hydrogen-bond acceptors (Lipinski definition) is 6. The number of ether oxygens (including phenoxy) is 1. The zero-order valence-electron chi connectivity index (χ0n) is 22.5. The van der Waals surface area contributed by atoms with Gasteiger partial charge in [-0.3, -0.25) is 4.79 Å². The average Bonchev–Trinajstić information content (AvgIpc) is 2.44. The summed E-state index contributed by atoms with van der Waals surface area (Å²) in [4.78, 5) is 10.9. The maximum Gasteiger partial charge on any atom is 0.315 e. The molecule has 0 aliphatic carbocycles. The minimum Gasteiger partial charge on any atom is -0.466 e. The summed E-state index contributed by atoms with van der Waals surface area (Å²) in [6.07, 6.45) is 0.871. The summed E-state index contributed by atoms with van der Waals surface area (Å²) in [5.74, 6) is -0.211. The number of esters is 1. The third-order valence-electron chi connectivity index (χ3n) is 4.15. The van der Waals surface area contributed by atoms with E-state index in [0.717, 1.165) is 24.6 Å². The van der Waals surface area contributed by atoms with Gasteiger partial charge in [0, 0.05) is 6.92 Å². The Bertz CT molecular complexity index is 561. The van der Waals surface area contributed by atoms with Crippen LogP contribution in [0.15, 0.2) is 0 Å². The van der Waals surface area contributed by atoms with Gasteiger partial charge in [-0.1, -0.05) is 0 Å². The highest BCUT2D eigenvalue weighted by Crippen LogP contribution is 2.29. The Morgan fingerprint density at radius 3 is 1.74 bits per heavy atom. The smallest absolute Gasteiger partial charge is 0.315 e.